The van der Waals surface area contributed by atoms with Crippen LogP contribution in [0.4, 0.5) is 4.79 Å². The average Bonchev–Trinajstić information content (AvgIpc) is 2.34. The van der Waals surface area contributed by atoms with E-state index in [1.54, 1.807) is 4.90 Å². The lowest BCUT2D eigenvalue weighted by Gasteiger charge is -2.29. The zero-order chi connectivity index (χ0) is 12.3. The first-order valence-corrected chi connectivity index (χ1v) is 6.06. The van der Waals surface area contributed by atoms with Gasteiger partial charge in [-0.15, -0.1) is 0 Å². The predicted octanol–water partition coefficient (Wildman–Crippen LogP) is -0.0129. The molecule has 4 amide bonds. The number of hydrogen-bond acceptors (Lipinski definition) is 3. The SMILES string of the molecule is O=C1CCC(NC(=O)N2CCCCC2)C(=O)N1. The van der Waals surface area contributed by atoms with Crippen LogP contribution in [0.25, 0.3) is 0 Å². The fourth-order valence-corrected chi connectivity index (χ4v) is 2.17. The number of imide groups is 1. The van der Waals surface area contributed by atoms with Gasteiger partial charge in [0.05, 0.1) is 0 Å². The van der Waals surface area contributed by atoms with Gasteiger partial charge in [-0.25, -0.2) is 4.79 Å². The number of amides is 4. The number of piperidine rings is 2. The van der Waals surface area contributed by atoms with E-state index >= 15 is 0 Å². The van der Waals surface area contributed by atoms with Gasteiger partial charge in [-0.3, -0.25) is 14.9 Å². The third-order valence-electron chi connectivity index (χ3n) is 3.18. The normalized spacial score (nSPS) is 25.4. The number of nitrogens with one attached hydrogen (secondary N) is 2. The van der Waals surface area contributed by atoms with E-state index < -0.39 is 11.9 Å². The first-order chi connectivity index (χ1) is 8.16. The first kappa shape index (κ1) is 11.9. The van der Waals surface area contributed by atoms with Gasteiger partial charge < -0.3 is 10.2 Å². The van der Waals surface area contributed by atoms with Crippen LogP contribution in [0.15, 0.2) is 0 Å². The molecule has 6 nitrogen and oxygen atoms in total. The summed E-state index contributed by atoms with van der Waals surface area (Å²) in [6, 6.07) is -0.763. The van der Waals surface area contributed by atoms with Crippen molar-refractivity contribution >= 4 is 17.8 Å². The molecule has 1 unspecified atom stereocenters. The summed E-state index contributed by atoms with van der Waals surface area (Å²) in [5.41, 5.74) is 0. The highest BCUT2D eigenvalue weighted by atomic mass is 16.2. The number of carbonyl (C=O) groups is 3. The molecule has 0 aromatic rings. The maximum Gasteiger partial charge on any atom is 0.318 e. The van der Waals surface area contributed by atoms with Crippen molar-refractivity contribution in [3.8, 4) is 0 Å². The molecule has 2 aliphatic rings. The van der Waals surface area contributed by atoms with Crippen LogP contribution in [-0.2, 0) is 9.59 Å². The molecule has 17 heavy (non-hydrogen) atoms. The minimum Gasteiger partial charge on any atom is -0.326 e. The van der Waals surface area contributed by atoms with Gasteiger partial charge in [-0.05, 0) is 25.7 Å². The monoisotopic (exact) mass is 239 g/mol. The van der Waals surface area contributed by atoms with Gasteiger partial charge in [0.2, 0.25) is 11.8 Å². The number of carbonyl (C=O) groups excluding carboxylic acids is 3. The second-order valence-corrected chi connectivity index (χ2v) is 4.50. The number of rotatable bonds is 1. The Labute approximate surface area is 99.7 Å². The lowest BCUT2D eigenvalue weighted by Crippen LogP contribution is -2.55. The van der Waals surface area contributed by atoms with Crippen molar-refractivity contribution < 1.29 is 14.4 Å². The van der Waals surface area contributed by atoms with Gasteiger partial charge in [-0.1, -0.05) is 0 Å². The van der Waals surface area contributed by atoms with E-state index in [4.69, 9.17) is 0 Å². The van der Waals surface area contributed by atoms with E-state index in [2.05, 4.69) is 10.6 Å². The Kier molecular flexibility index (Phi) is 3.61. The lowest BCUT2D eigenvalue weighted by atomic mass is 10.1. The van der Waals surface area contributed by atoms with Crippen molar-refractivity contribution in [2.75, 3.05) is 13.1 Å². The predicted molar refractivity (Wildman–Crippen MR) is 60.1 cm³/mol. The van der Waals surface area contributed by atoms with Crippen molar-refractivity contribution in [3.63, 3.8) is 0 Å². The minimum absolute atomic E-state index is 0.195. The van der Waals surface area contributed by atoms with Crippen LogP contribution < -0.4 is 10.6 Å². The van der Waals surface area contributed by atoms with Crippen LogP contribution in [0.5, 0.6) is 0 Å². The second-order valence-electron chi connectivity index (χ2n) is 4.50. The standard InChI is InChI=1S/C11H17N3O3/c15-9-5-4-8(10(16)13-9)12-11(17)14-6-2-1-3-7-14/h8H,1-7H2,(H,12,17)(H,13,15,16). The molecule has 0 aromatic carbocycles. The number of likely N-dealkylation sites (tertiary alicyclic amines) is 1. The molecule has 0 aromatic heterocycles. The van der Waals surface area contributed by atoms with Crippen molar-refractivity contribution in [1.82, 2.24) is 15.5 Å². The molecule has 6 heteroatoms. The summed E-state index contributed by atoms with van der Waals surface area (Å²) in [4.78, 5) is 36.0. The maximum atomic E-state index is 11.8. The van der Waals surface area contributed by atoms with Crippen molar-refractivity contribution in [1.29, 1.82) is 0 Å². The van der Waals surface area contributed by atoms with E-state index in [1.165, 1.54) is 0 Å². The van der Waals surface area contributed by atoms with E-state index in [0.717, 1.165) is 32.4 Å². The smallest absolute Gasteiger partial charge is 0.318 e. The van der Waals surface area contributed by atoms with Crippen molar-refractivity contribution in [2.24, 2.45) is 0 Å². The van der Waals surface area contributed by atoms with Gasteiger partial charge in [0.25, 0.3) is 0 Å². The molecular weight excluding hydrogens is 222 g/mol. The summed E-state index contributed by atoms with van der Waals surface area (Å²) in [7, 11) is 0. The van der Waals surface area contributed by atoms with Crippen molar-refractivity contribution in [2.45, 2.75) is 38.1 Å². The molecule has 2 N–H and O–H groups in total. The van der Waals surface area contributed by atoms with Gasteiger partial charge in [0.1, 0.15) is 6.04 Å². The van der Waals surface area contributed by atoms with E-state index in [0.29, 0.717) is 6.42 Å². The van der Waals surface area contributed by atoms with E-state index in [-0.39, 0.29) is 18.4 Å². The molecule has 2 heterocycles. The molecule has 0 aliphatic carbocycles. The number of urea groups is 1. The first-order valence-electron chi connectivity index (χ1n) is 6.06. The summed E-state index contributed by atoms with van der Waals surface area (Å²) >= 11 is 0. The highest BCUT2D eigenvalue weighted by Gasteiger charge is 2.29. The molecule has 94 valence electrons. The quantitative estimate of drug-likeness (QED) is 0.631. The van der Waals surface area contributed by atoms with Crippen LogP contribution in [0.1, 0.15) is 32.1 Å². The van der Waals surface area contributed by atoms with Crippen LogP contribution in [-0.4, -0.2) is 41.9 Å². The lowest BCUT2D eigenvalue weighted by molar-refractivity contribution is -0.134. The van der Waals surface area contributed by atoms with Crippen LogP contribution >= 0.6 is 0 Å². The Hall–Kier alpha value is -1.59. The van der Waals surface area contributed by atoms with Crippen molar-refractivity contribution in [3.05, 3.63) is 0 Å². The minimum atomic E-state index is -0.567. The van der Waals surface area contributed by atoms with Gasteiger partial charge >= 0.3 is 6.03 Å². The molecule has 0 saturated carbocycles. The van der Waals surface area contributed by atoms with Gasteiger partial charge in [0, 0.05) is 19.5 Å². The zero-order valence-corrected chi connectivity index (χ0v) is 9.70. The fourth-order valence-electron chi connectivity index (χ4n) is 2.17. The number of nitrogens with zero attached hydrogens (tertiary/aromatic N) is 1. The summed E-state index contributed by atoms with van der Waals surface area (Å²) in [6.07, 6.45) is 3.87. The highest BCUT2D eigenvalue weighted by Crippen LogP contribution is 2.10. The summed E-state index contributed by atoms with van der Waals surface area (Å²) in [5.74, 6) is -0.662. The summed E-state index contributed by atoms with van der Waals surface area (Å²) in [5, 5.41) is 4.91. The third-order valence-corrected chi connectivity index (χ3v) is 3.18. The van der Waals surface area contributed by atoms with E-state index in [1.807, 2.05) is 0 Å². The Bertz CT molecular complexity index is 337. The Morgan fingerprint density at radius 2 is 1.94 bits per heavy atom. The molecule has 2 aliphatic heterocycles. The van der Waals surface area contributed by atoms with Gasteiger partial charge in [-0.2, -0.15) is 0 Å². The highest BCUT2D eigenvalue weighted by molar-refractivity contribution is 6.01. The maximum absolute atomic E-state index is 11.8. The number of hydrogen-bond donors (Lipinski definition) is 2. The van der Waals surface area contributed by atoms with Crippen LogP contribution in [0, 0.1) is 0 Å². The second kappa shape index (κ2) is 5.16. The molecule has 2 saturated heterocycles. The zero-order valence-electron chi connectivity index (χ0n) is 9.70. The molecule has 0 radical (unpaired) electrons. The van der Waals surface area contributed by atoms with Crippen LogP contribution in [0.3, 0.4) is 0 Å². The fraction of sp³-hybridized carbons (Fsp3) is 0.727. The Morgan fingerprint density at radius 1 is 1.24 bits per heavy atom. The molecule has 2 fully saturated rings. The molecule has 0 bridgehead atoms. The topological polar surface area (TPSA) is 78.5 Å². The molecular formula is C11H17N3O3. The molecule has 1 atom stereocenters. The van der Waals surface area contributed by atoms with Gasteiger partial charge in [0.15, 0.2) is 0 Å². The molecule has 0 spiro atoms. The average molecular weight is 239 g/mol. The largest absolute Gasteiger partial charge is 0.326 e. The Balaban J connectivity index is 1.85. The summed E-state index contributed by atoms with van der Waals surface area (Å²) < 4.78 is 0. The van der Waals surface area contributed by atoms with Crippen LogP contribution in [0.2, 0.25) is 0 Å². The molecule has 2 rings (SSSR count). The Morgan fingerprint density at radius 3 is 2.59 bits per heavy atom. The summed E-state index contributed by atoms with van der Waals surface area (Å²) in [6.45, 7) is 1.50. The third kappa shape index (κ3) is 2.95. The van der Waals surface area contributed by atoms with E-state index in [9.17, 15) is 14.4 Å².